The average molecular weight is 444 g/mol. The second-order valence-corrected chi connectivity index (χ2v) is 8.99. The number of amides is 3. The molecule has 2 heterocycles. The first-order valence-corrected chi connectivity index (χ1v) is 11.9. The highest BCUT2D eigenvalue weighted by Crippen LogP contribution is 2.34. The van der Waals surface area contributed by atoms with Crippen molar-refractivity contribution in [2.24, 2.45) is 0 Å². The zero-order valence-corrected chi connectivity index (χ0v) is 19.8. The molecule has 2 aromatic rings. The van der Waals surface area contributed by atoms with Crippen molar-refractivity contribution in [2.75, 3.05) is 32.8 Å². The molecule has 1 unspecified atom stereocenters. The summed E-state index contributed by atoms with van der Waals surface area (Å²) < 4.78 is 6.19. The van der Waals surface area contributed by atoms with Crippen LogP contribution in [0.3, 0.4) is 0 Å². The number of carbonyl (C=O) groups excluding carboxylic acids is 2. The van der Waals surface area contributed by atoms with E-state index in [0.29, 0.717) is 26.2 Å². The van der Waals surface area contributed by atoms with Gasteiger partial charge in [-0.05, 0) is 62.3 Å². The maximum absolute atomic E-state index is 13.3. The van der Waals surface area contributed by atoms with E-state index in [-0.39, 0.29) is 24.5 Å². The molecule has 0 spiro atoms. The Morgan fingerprint density at radius 1 is 1.26 bits per heavy atom. The van der Waals surface area contributed by atoms with Gasteiger partial charge in [-0.25, -0.2) is 4.79 Å². The van der Waals surface area contributed by atoms with Crippen molar-refractivity contribution in [3.63, 3.8) is 0 Å². The van der Waals surface area contributed by atoms with Crippen LogP contribution in [0.1, 0.15) is 47.9 Å². The van der Waals surface area contributed by atoms with Crippen molar-refractivity contribution in [2.45, 2.75) is 46.6 Å². The quantitative estimate of drug-likeness (QED) is 0.661. The molecule has 1 aliphatic rings. The summed E-state index contributed by atoms with van der Waals surface area (Å²) in [6.07, 6.45) is 1.64. The van der Waals surface area contributed by atoms with E-state index >= 15 is 0 Å². The first-order chi connectivity index (χ1) is 14.9. The number of fused-ring (bicyclic) bond motifs is 1. The standard InChI is InChI=1S/C24H33N3O3S/c1-5-11-26(24(29)25-6-2)15-23(28)27-12-9-22-19(10-13-31-22)20(27)16-30-21-8-7-17(3)14-18(21)4/h7-8,10,13-14,20H,5-6,9,11-12,15-16H2,1-4H3,(H,25,29). The zero-order chi connectivity index (χ0) is 22.4. The van der Waals surface area contributed by atoms with Crippen molar-refractivity contribution in [1.29, 1.82) is 0 Å². The summed E-state index contributed by atoms with van der Waals surface area (Å²) in [5.41, 5.74) is 3.44. The fourth-order valence-corrected chi connectivity index (χ4v) is 4.97. The number of urea groups is 1. The smallest absolute Gasteiger partial charge is 0.317 e. The molecule has 0 saturated heterocycles. The molecule has 6 nitrogen and oxygen atoms in total. The second-order valence-electron chi connectivity index (χ2n) is 7.99. The fraction of sp³-hybridized carbons (Fsp3) is 0.500. The van der Waals surface area contributed by atoms with Gasteiger partial charge in [0.25, 0.3) is 0 Å². The predicted octanol–water partition coefficient (Wildman–Crippen LogP) is 4.31. The summed E-state index contributed by atoms with van der Waals surface area (Å²) in [6.45, 7) is 10.2. The van der Waals surface area contributed by atoms with E-state index in [0.717, 1.165) is 29.7 Å². The predicted molar refractivity (Wildman–Crippen MR) is 125 cm³/mol. The van der Waals surface area contributed by atoms with Crippen molar-refractivity contribution in [3.8, 4) is 5.75 Å². The maximum atomic E-state index is 13.3. The van der Waals surface area contributed by atoms with Crippen LogP contribution in [0, 0.1) is 13.8 Å². The van der Waals surface area contributed by atoms with E-state index < -0.39 is 0 Å². The van der Waals surface area contributed by atoms with Crippen LogP contribution in [0.15, 0.2) is 29.6 Å². The van der Waals surface area contributed by atoms with Crippen LogP contribution in [0.25, 0.3) is 0 Å². The number of hydrogen-bond donors (Lipinski definition) is 1. The molecule has 31 heavy (non-hydrogen) atoms. The molecular weight excluding hydrogens is 410 g/mol. The molecule has 0 fully saturated rings. The van der Waals surface area contributed by atoms with Crippen molar-refractivity contribution >= 4 is 23.3 Å². The molecule has 0 saturated carbocycles. The number of carbonyl (C=O) groups is 2. The Morgan fingerprint density at radius 3 is 2.77 bits per heavy atom. The first-order valence-electron chi connectivity index (χ1n) is 11.0. The summed E-state index contributed by atoms with van der Waals surface area (Å²) in [6, 6.07) is 7.89. The number of nitrogens with zero attached hydrogens (tertiary/aromatic N) is 2. The third kappa shape index (κ3) is 5.58. The van der Waals surface area contributed by atoms with Crippen LogP contribution >= 0.6 is 11.3 Å². The van der Waals surface area contributed by atoms with Crippen LogP contribution in [0.5, 0.6) is 5.75 Å². The van der Waals surface area contributed by atoms with E-state index in [4.69, 9.17) is 4.74 Å². The lowest BCUT2D eigenvalue weighted by molar-refractivity contribution is -0.135. The van der Waals surface area contributed by atoms with Gasteiger partial charge < -0.3 is 19.9 Å². The topological polar surface area (TPSA) is 61.9 Å². The highest BCUT2D eigenvalue weighted by atomic mass is 32.1. The van der Waals surface area contributed by atoms with Gasteiger partial charge in [-0.3, -0.25) is 4.79 Å². The van der Waals surface area contributed by atoms with E-state index in [1.165, 1.54) is 10.4 Å². The normalized spacial score (nSPS) is 15.4. The fourth-order valence-electron chi connectivity index (χ4n) is 4.04. The molecule has 0 aliphatic carbocycles. The monoisotopic (exact) mass is 443 g/mol. The second kappa shape index (κ2) is 10.7. The minimum absolute atomic E-state index is 0.0363. The van der Waals surface area contributed by atoms with Gasteiger partial charge in [0.2, 0.25) is 5.91 Å². The molecule has 7 heteroatoms. The molecule has 0 bridgehead atoms. The van der Waals surface area contributed by atoms with Gasteiger partial charge in [-0.1, -0.05) is 24.6 Å². The molecule has 1 aromatic carbocycles. The Morgan fingerprint density at radius 2 is 2.06 bits per heavy atom. The Hall–Kier alpha value is -2.54. The van der Waals surface area contributed by atoms with Gasteiger partial charge in [0, 0.05) is 24.5 Å². The minimum Gasteiger partial charge on any atom is -0.491 e. The molecule has 0 radical (unpaired) electrons. The summed E-state index contributed by atoms with van der Waals surface area (Å²) in [5.74, 6) is 0.807. The number of ether oxygens (including phenoxy) is 1. The SMILES string of the molecule is CCCN(CC(=O)N1CCc2sccc2C1COc1ccc(C)cc1C)C(=O)NCC. The molecule has 1 aromatic heterocycles. The van der Waals surface area contributed by atoms with Gasteiger partial charge in [0.1, 0.15) is 18.9 Å². The van der Waals surface area contributed by atoms with Crippen LogP contribution in [-0.4, -0.2) is 54.5 Å². The molecule has 1 N–H and O–H groups in total. The summed E-state index contributed by atoms with van der Waals surface area (Å²) >= 11 is 1.74. The Labute approximate surface area is 189 Å². The first kappa shape index (κ1) is 23.1. The van der Waals surface area contributed by atoms with Crippen molar-refractivity contribution in [3.05, 3.63) is 51.2 Å². The highest BCUT2D eigenvalue weighted by molar-refractivity contribution is 7.10. The Kier molecular flexibility index (Phi) is 7.96. The van der Waals surface area contributed by atoms with Gasteiger partial charge in [0.05, 0.1) is 6.04 Å². The number of rotatable bonds is 8. The van der Waals surface area contributed by atoms with E-state index in [1.807, 2.05) is 37.8 Å². The molecule has 168 valence electrons. The minimum atomic E-state index is -0.186. The lowest BCUT2D eigenvalue weighted by atomic mass is 10.00. The van der Waals surface area contributed by atoms with E-state index in [2.05, 4.69) is 29.8 Å². The maximum Gasteiger partial charge on any atom is 0.317 e. The number of benzene rings is 1. The number of thiophene rings is 1. The third-order valence-corrected chi connectivity index (χ3v) is 6.57. The Bertz CT molecular complexity index is 911. The molecule has 1 aliphatic heterocycles. The van der Waals surface area contributed by atoms with Gasteiger partial charge in [-0.15, -0.1) is 11.3 Å². The summed E-state index contributed by atoms with van der Waals surface area (Å²) in [4.78, 5) is 30.5. The lowest BCUT2D eigenvalue weighted by Crippen LogP contribution is -2.50. The van der Waals surface area contributed by atoms with Crippen molar-refractivity contribution in [1.82, 2.24) is 15.1 Å². The Balaban J connectivity index is 1.77. The van der Waals surface area contributed by atoms with Crippen molar-refractivity contribution < 1.29 is 14.3 Å². The lowest BCUT2D eigenvalue weighted by Gasteiger charge is -2.37. The highest BCUT2D eigenvalue weighted by Gasteiger charge is 2.33. The zero-order valence-electron chi connectivity index (χ0n) is 18.9. The average Bonchev–Trinajstić information content (AvgIpc) is 3.22. The van der Waals surface area contributed by atoms with Gasteiger partial charge in [0.15, 0.2) is 0 Å². The van der Waals surface area contributed by atoms with Crippen LogP contribution in [-0.2, 0) is 11.2 Å². The summed E-state index contributed by atoms with van der Waals surface area (Å²) in [5, 5.41) is 4.90. The molecular formula is C24H33N3O3S. The third-order valence-electron chi connectivity index (χ3n) is 5.58. The molecule has 3 amide bonds. The number of aryl methyl sites for hydroxylation is 2. The van der Waals surface area contributed by atoms with Crippen LogP contribution < -0.4 is 10.1 Å². The number of nitrogens with one attached hydrogen (secondary N) is 1. The van der Waals surface area contributed by atoms with Crippen LogP contribution in [0.4, 0.5) is 4.79 Å². The molecule has 1 atom stereocenters. The number of hydrogen-bond acceptors (Lipinski definition) is 4. The van der Waals surface area contributed by atoms with E-state index in [9.17, 15) is 9.59 Å². The van der Waals surface area contributed by atoms with Crippen LogP contribution in [0.2, 0.25) is 0 Å². The van der Waals surface area contributed by atoms with Gasteiger partial charge >= 0.3 is 6.03 Å². The van der Waals surface area contributed by atoms with Gasteiger partial charge in [-0.2, -0.15) is 0 Å². The summed E-state index contributed by atoms with van der Waals surface area (Å²) in [7, 11) is 0. The largest absolute Gasteiger partial charge is 0.491 e. The molecule has 3 rings (SSSR count). The van der Waals surface area contributed by atoms with E-state index in [1.54, 1.807) is 16.2 Å².